The summed E-state index contributed by atoms with van der Waals surface area (Å²) in [4.78, 5) is 0. The molecule has 2 aromatic rings. The molecule has 0 aliphatic heterocycles. The third kappa shape index (κ3) is 3.54. The fraction of sp³-hybridized carbons (Fsp3) is 0.375. The maximum absolute atomic E-state index is 5.37. The molecule has 0 saturated carbocycles. The molecule has 2 rings (SSSR count). The molecule has 1 N–H and O–H groups in total. The molecule has 108 valence electrons. The maximum Gasteiger partial charge on any atom is 0.160 e. The molecule has 1 aromatic carbocycles. The smallest absolute Gasteiger partial charge is 0.160 e. The van der Waals surface area contributed by atoms with Crippen LogP contribution in [0.5, 0.6) is 11.5 Å². The second-order valence-corrected chi connectivity index (χ2v) is 4.63. The number of benzene rings is 1. The highest BCUT2D eigenvalue weighted by Crippen LogP contribution is 2.27. The summed E-state index contributed by atoms with van der Waals surface area (Å²) in [6.07, 6.45) is 2.62. The SMILES string of the molecule is COc1ccc(CCNC(C)c2ccco2)cc1OC. The van der Waals surface area contributed by atoms with Crippen LogP contribution >= 0.6 is 0 Å². The van der Waals surface area contributed by atoms with Gasteiger partial charge < -0.3 is 19.2 Å². The predicted octanol–water partition coefficient (Wildman–Crippen LogP) is 3.19. The van der Waals surface area contributed by atoms with Gasteiger partial charge in [-0.25, -0.2) is 0 Å². The van der Waals surface area contributed by atoms with Gasteiger partial charge in [-0.05, 0) is 49.7 Å². The Balaban J connectivity index is 1.88. The van der Waals surface area contributed by atoms with E-state index in [2.05, 4.69) is 18.3 Å². The standard InChI is InChI=1S/C16H21NO3/c1-12(14-5-4-10-20-14)17-9-8-13-6-7-15(18-2)16(11-13)19-3/h4-7,10-12,17H,8-9H2,1-3H3. The van der Waals surface area contributed by atoms with E-state index < -0.39 is 0 Å². The van der Waals surface area contributed by atoms with E-state index >= 15 is 0 Å². The molecule has 1 heterocycles. The van der Waals surface area contributed by atoms with Crippen LogP contribution in [0.4, 0.5) is 0 Å². The van der Waals surface area contributed by atoms with Crippen LogP contribution in [-0.4, -0.2) is 20.8 Å². The summed E-state index contributed by atoms with van der Waals surface area (Å²) in [5.41, 5.74) is 1.21. The van der Waals surface area contributed by atoms with Gasteiger partial charge in [0, 0.05) is 0 Å². The summed E-state index contributed by atoms with van der Waals surface area (Å²) in [7, 11) is 3.29. The molecule has 4 nitrogen and oxygen atoms in total. The summed E-state index contributed by atoms with van der Waals surface area (Å²) in [6, 6.07) is 10.1. The lowest BCUT2D eigenvalue weighted by Crippen LogP contribution is -2.20. The fourth-order valence-electron chi connectivity index (χ4n) is 2.11. The summed E-state index contributed by atoms with van der Waals surface area (Å²) < 4.78 is 15.9. The average molecular weight is 275 g/mol. The summed E-state index contributed by atoms with van der Waals surface area (Å²) >= 11 is 0. The van der Waals surface area contributed by atoms with Gasteiger partial charge in [0.05, 0.1) is 26.5 Å². The van der Waals surface area contributed by atoms with Gasteiger partial charge in [0.25, 0.3) is 0 Å². The normalized spacial score (nSPS) is 12.2. The van der Waals surface area contributed by atoms with Gasteiger partial charge in [0.15, 0.2) is 11.5 Å². The molecule has 1 atom stereocenters. The van der Waals surface area contributed by atoms with Crippen LogP contribution in [0.1, 0.15) is 24.3 Å². The molecule has 0 saturated heterocycles. The largest absolute Gasteiger partial charge is 0.493 e. The first-order valence-electron chi connectivity index (χ1n) is 6.72. The molecule has 0 radical (unpaired) electrons. The van der Waals surface area contributed by atoms with E-state index in [0.29, 0.717) is 0 Å². The van der Waals surface area contributed by atoms with Gasteiger partial charge in [-0.2, -0.15) is 0 Å². The molecule has 1 unspecified atom stereocenters. The van der Waals surface area contributed by atoms with Crippen molar-refractivity contribution in [2.24, 2.45) is 0 Å². The number of rotatable bonds is 7. The summed E-state index contributed by atoms with van der Waals surface area (Å²) in [5, 5.41) is 3.43. The minimum atomic E-state index is 0.213. The van der Waals surface area contributed by atoms with Gasteiger partial charge in [0.1, 0.15) is 5.76 Å². The van der Waals surface area contributed by atoms with Gasteiger partial charge in [-0.3, -0.25) is 0 Å². The Labute approximate surface area is 119 Å². The quantitative estimate of drug-likeness (QED) is 0.842. The number of methoxy groups -OCH3 is 2. The zero-order valence-corrected chi connectivity index (χ0v) is 12.2. The Kier molecular flexibility index (Phi) is 5.07. The number of hydrogen-bond acceptors (Lipinski definition) is 4. The van der Waals surface area contributed by atoms with Crippen LogP contribution in [0.15, 0.2) is 41.0 Å². The molecular weight excluding hydrogens is 254 g/mol. The highest BCUT2D eigenvalue weighted by molar-refractivity contribution is 5.42. The van der Waals surface area contributed by atoms with Gasteiger partial charge in [-0.15, -0.1) is 0 Å². The second-order valence-electron chi connectivity index (χ2n) is 4.63. The summed E-state index contributed by atoms with van der Waals surface area (Å²) in [5.74, 6) is 2.48. The third-order valence-electron chi connectivity index (χ3n) is 3.28. The minimum Gasteiger partial charge on any atom is -0.493 e. The first kappa shape index (κ1) is 14.5. The lowest BCUT2D eigenvalue weighted by molar-refractivity contribution is 0.354. The van der Waals surface area contributed by atoms with Crippen molar-refractivity contribution < 1.29 is 13.9 Å². The predicted molar refractivity (Wildman–Crippen MR) is 78.4 cm³/mol. The number of furan rings is 1. The van der Waals surface area contributed by atoms with Crippen LogP contribution in [0.25, 0.3) is 0 Å². The molecule has 1 aromatic heterocycles. The Hall–Kier alpha value is -1.94. The highest BCUT2D eigenvalue weighted by Gasteiger charge is 2.08. The van der Waals surface area contributed by atoms with Gasteiger partial charge in [0.2, 0.25) is 0 Å². The van der Waals surface area contributed by atoms with Crippen molar-refractivity contribution in [1.82, 2.24) is 5.32 Å². The van der Waals surface area contributed by atoms with Crippen molar-refractivity contribution in [2.45, 2.75) is 19.4 Å². The van der Waals surface area contributed by atoms with Crippen LogP contribution in [0, 0.1) is 0 Å². The van der Waals surface area contributed by atoms with Crippen LogP contribution in [0.2, 0.25) is 0 Å². The fourth-order valence-corrected chi connectivity index (χ4v) is 2.11. The minimum absolute atomic E-state index is 0.213. The molecule has 0 aliphatic carbocycles. The molecule has 20 heavy (non-hydrogen) atoms. The topological polar surface area (TPSA) is 43.6 Å². The summed E-state index contributed by atoms with van der Waals surface area (Å²) in [6.45, 7) is 2.96. The third-order valence-corrected chi connectivity index (χ3v) is 3.28. The Morgan fingerprint density at radius 1 is 1.15 bits per heavy atom. The monoisotopic (exact) mass is 275 g/mol. The van der Waals surface area contributed by atoms with Gasteiger partial charge >= 0.3 is 0 Å². The van der Waals surface area contributed by atoms with Gasteiger partial charge in [-0.1, -0.05) is 6.07 Å². The van der Waals surface area contributed by atoms with Crippen molar-refractivity contribution in [3.8, 4) is 11.5 Å². The number of ether oxygens (including phenoxy) is 2. The highest BCUT2D eigenvalue weighted by atomic mass is 16.5. The van der Waals surface area contributed by atoms with E-state index in [4.69, 9.17) is 13.9 Å². The number of hydrogen-bond donors (Lipinski definition) is 1. The molecule has 0 bridgehead atoms. The van der Waals surface area contributed by atoms with E-state index in [1.165, 1.54) is 5.56 Å². The van der Waals surface area contributed by atoms with Crippen LogP contribution in [0.3, 0.4) is 0 Å². The van der Waals surface area contributed by atoms with Crippen molar-refractivity contribution in [1.29, 1.82) is 0 Å². The van der Waals surface area contributed by atoms with E-state index in [-0.39, 0.29) is 6.04 Å². The zero-order valence-electron chi connectivity index (χ0n) is 12.2. The molecule has 0 amide bonds. The first-order chi connectivity index (χ1) is 9.74. The van der Waals surface area contributed by atoms with E-state index in [0.717, 1.165) is 30.2 Å². The Morgan fingerprint density at radius 2 is 1.95 bits per heavy atom. The van der Waals surface area contributed by atoms with Crippen LogP contribution in [-0.2, 0) is 6.42 Å². The van der Waals surface area contributed by atoms with Crippen molar-refractivity contribution in [3.63, 3.8) is 0 Å². The van der Waals surface area contributed by atoms with E-state index in [9.17, 15) is 0 Å². The van der Waals surface area contributed by atoms with Crippen LogP contribution < -0.4 is 14.8 Å². The molecule has 0 fully saturated rings. The van der Waals surface area contributed by atoms with E-state index in [1.807, 2.05) is 24.3 Å². The second kappa shape index (κ2) is 7.01. The molecule has 0 spiro atoms. The van der Waals surface area contributed by atoms with E-state index in [1.54, 1.807) is 20.5 Å². The molecule has 4 heteroatoms. The first-order valence-corrected chi connectivity index (χ1v) is 6.72. The number of nitrogens with one attached hydrogen (secondary N) is 1. The van der Waals surface area contributed by atoms with Crippen molar-refractivity contribution >= 4 is 0 Å². The lowest BCUT2D eigenvalue weighted by atomic mass is 10.1. The lowest BCUT2D eigenvalue weighted by Gasteiger charge is -2.12. The Morgan fingerprint density at radius 3 is 2.60 bits per heavy atom. The average Bonchev–Trinajstić information content (AvgIpc) is 3.01. The van der Waals surface area contributed by atoms with Crippen molar-refractivity contribution in [2.75, 3.05) is 20.8 Å². The molecular formula is C16H21NO3. The zero-order chi connectivity index (χ0) is 14.4. The maximum atomic E-state index is 5.37. The molecule has 0 aliphatic rings. The van der Waals surface area contributed by atoms with Crippen molar-refractivity contribution in [3.05, 3.63) is 47.9 Å². The Bertz CT molecular complexity index is 523.